The number of benzene rings is 8. The Hall–Kier alpha value is -7.86. The molecule has 0 aliphatic carbocycles. The second-order valence-corrected chi connectivity index (χ2v) is 14.0. The van der Waals surface area contributed by atoms with E-state index in [1.165, 1.54) is 32.6 Å². The van der Waals surface area contributed by atoms with E-state index in [4.69, 9.17) is 6.57 Å². The van der Waals surface area contributed by atoms with Crippen LogP contribution in [0.15, 0.2) is 176 Å². The minimum atomic E-state index is 0.572. The predicted molar refractivity (Wildman–Crippen MR) is 226 cm³/mol. The molecule has 0 N–H and O–H groups in total. The summed E-state index contributed by atoms with van der Waals surface area (Å²) in [5.41, 5.74) is 12.4. The van der Waals surface area contributed by atoms with Crippen LogP contribution in [0.5, 0.6) is 0 Å². The van der Waals surface area contributed by atoms with Crippen LogP contribution < -0.4 is 0 Å². The van der Waals surface area contributed by atoms with E-state index >= 15 is 0 Å². The summed E-state index contributed by atoms with van der Waals surface area (Å²) in [7, 11) is 0. The molecule has 5 heteroatoms. The first-order valence-corrected chi connectivity index (χ1v) is 18.3. The molecule has 0 unspecified atom stereocenters. The number of rotatable bonds is 4. The molecule has 0 spiro atoms. The van der Waals surface area contributed by atoms with E-state index in [2.05, 4.69) is 158 Å². The first kappa shape index (κ1) is 30.7. The highest BCUT2D eigenvalue weighted by molar-refractivity contribution is 6.13. The highest BCUT2D eigenvalue weighted by atomic mass is 15.0. The maximum atomic E-state index is 10.6. The van der Waals surface area contributed by atoms with Gasteiger partial charge in [0.2, 0.25) is 0 Å². The first-order chi connectivity index (χ1) is 27.2. The SMILES string of the molecule is [C-]#[N+]c1ccc2c3ccccc3n(-c3cccc(C#N)c3-c3cccc(-n4c5ccccc5c5ccc(-n6c7ccccc7c7ccccc76)cc54)c3)c2c1. The zero-order valence-electron chi connectivity index (χ0n) is 29.5. The maximum absolute atomic E-state index is 10.6. The standard InChI is InChI=1S/C50H29N5/c1-52-34-24-26-41-40-18-5-9-22-46(40)55(48(41)29-34)47-23-11-13-33(31-51)50(47)32-12-10-14-35(28-32)54-45-21-8-4-17-39(45)42-27-25-36(30-49(42)54)53-43-19-6-2-15-37(43)38-16-3-7-20-44(38)53/h2-30H. The van der Waals surface area contributed by atoms with Crippen molar-refractivity contribution < 1.29 is 0 Å². The van der Waals surface area contributed by atoms with Gasteiger partial charge in [-0.3, -0.25) is 0 Å². The number of hydrogen-bond acceptors (Lipinski definition) is 1. The van der Waals surface area contributed by atoms with Crippen LogP contribution in [0.2, 0.25) is 0 Å². The monoisotopic (exact) mass is 699 g/mol. The fourth-order valence-electron chi connectivity index (χ4n) is 8.79. The smallest absolute Gasteiger partial charge is 0.189 e. The van der Waals surface area contributed by atoms with E-state index in [1.54, 1.807) is 0 Å². The molecule has 0 atom stereocenters. The van der Waals surface area contributed by atoms with Gasteiger partial charge < -0.3 is 13.7 Å². The van der Waals surface area contributed by atoms with Gasteiger partial charge in [-0.2, -0.15) is 5.26 Å². The van der Waals surface area contributed by atoms with Crippen molar-refractivity contribution in [1.82, 2.24) is 13.7 Å². The Labute approximate surface area is 316 Å². The summed E-state index contributed by atoms with van der Waals surface area (Å²) in [5, 5.41) is 17.6. The molecule has 55 heavy (non-hydrogen) atoms. The lowest BCUT2D eigenvalue weighted by molar-refractivity contribution is 1.15. The van der Waals surface area contributed by atoms with Crippen LogP contribution in [0.4, 0.5) is 5.69 Å². The quantitative estimate of drug-likeness (QED) is 0.169. The molecule has 3 aromatic heterocycles. The molecule has 3 heterocycles. The van der Waals surface area contributed by atoms with Gasteiger partial charge in [0, 0.05) is 54.8 Å². The van der Waals surface area contributed by atoms with Crippen molar-refractivity contribution in [3.63, 3.8) is 0 Å². The van der Waals surface area contributed by atoms with Crippen molar-refractivity contribution >= 4 is 71.1 Å². The average molecular weight is 700 g/mol. The lowest BCUT2D eigenvalue weighted by Crippen LogP contribution is -2.01. The summed E-state index contributed by atoms with van der Waals surface area (Å²) in [6, 6.07) is 63.7. The van der Waals surface area contributed by atoms with E-state index in [0.29, 0.717) is 11.3 Å². The molecule has 5 nitrogen and oxygen atoms in total. The first-order valence-electron chi connectivity index (χ1n) is 18.3. The van der Waals surface area contributed by atoms with Gasteiger partial charge in [0.15, 0.2) is 5.69 Å². The van der Waals surface area contributed by atoms with E-state index in [0.717, 1.165) is 61.0 Å². The summed E-state index contributed by atoms with van der Waals surface area (Å²) in [4.78, 5) is 3.76. The largest absolute Gasteiger partial charge is 0.310 e. The Morgan fingerprint density at radius 1 is 0.418 bits per heavy atom. The summed E-state index contributed by atoms with van der Waals surface area (Å²) >= 11 is 0. The van der Waals surface area contributed by atoms with E-state index in [1.807, 2.05) is 42.5 Å². The number of fused-ring (bicyclic) bond motifs is 9. The lowest BCUT2D eigenvalue weighted by atomic mass is 9.97. The topological polar surface area (TPSA) is 42.9 Å². The molecule has 0 fully saturated rings. The van der Waals surface area contributed by atoms with Gasteiger partial charge in [-0.15, -0.1) is 0 Å². The van der Waals surface area contributed by atoms with Crippen molar-refractivity contribution in [2.24, 2.45) is 0 Å². The molecule has 8 aromatic carbocycles. The third kappa shape index (κ3) is 4.45. The molecule has 0 radical (unpaired) electrons. The Balaban J connectivity index is 1.17. The van der Waals surface area contributed by atoms with Gasteiger partial charge in [0.25, 0.3) is 0 Å². The van der Waals surface area contributed by atoms with Gasteiger partial charge in [-0.25, -0.2) is 4.85 Å². The van der Waals surface area contributed by atoms with Gasteiger partial charge in [-0.1, -0.05) is 109 Å². The summed E-state index contributed by atoms with van der Waals surface area (Å²) in [5.74, 6) is 0. The molecule has 0 aliphatic rings. The molecule has 254 valence electrons. The second-order valence-electron chi connectivity index (χ2n) is 14.0. The Morgan fingerprint density at radius 2 is 0.909 bits per heavy atom. The molecular weight excluding hydrogens is 671 g/mol. The van der Waals surface area contributed by atoms with E-state index in [9.17, 15) is 5.26 Å². The van der Waals surface area contributed by atoms with Crippen LogP contribution in [0, 0.1) is 17.9 Å². The van der Waals surface area contributed by atoms with Gasteiger partial charge in [0.1, 0.15) is 0 Å². The zero-order chi connectivity index (χ0) is 36.6. The van der Waals surface area contributed by atoms with Crippen molar-refractivity contribution in [3.05, 3.63) is 193 Å². The molecule has 0 saturated carbocycles. The third-order valence-electron chi connectivity index (χ3n) is 11.1. The highest BCUT2D eigenvalue weighted by Gasteiger charge is 2.21. The van der Waals surface area contributed by atoms with E-state index in [-0.39, 0.29) is 0 Å². The number of aromatic nitrogens is 3. The second kappa shape index (κ2) is 11.8. The van der Waals surface area contributed by atoms with Gasteiger partial charge in [-0.05, 0) is 72.3 Å². The average Bonchev–Trinajstić information content (AvgIpc) is 3.88. The molecule has 0 bridgehead atoms. The van der Waals surface area contributed by atoms with Crippen molar-refractivity contribution in [3.8, 4) is 34.3 Å². The number of para-hydroxylation sites is 4. The molecular formula is C50H29N5. The molecule has 0 amide bonds. The number of nitriles is 1. The Morgan fingerprint density at radius 3 is 1.51 bits per heavy atom. The van der Waals surface area contributed by atoms with Crippen LogP contribution in [0.3, 0.4) is 0 Å². The Bertz CT molecular complexity index is 3420. The molecule has 0 aliphatic heterocycles. The molecule has 0 saturated heterocycles. The highest BCUT2D eigenvalue weighted by Crippen LogP contribution is 2.41. The van der Waals surface area contributed by atoms with Crippen LogP contribution in [-0.4, -0.2) is 13.7 Å². The fraction of sp³-hybridized carbons (Fsp3) is 0. The minimum Gasteiger partial charge on any atom is -0.310 e. The van der Waals surface area contributed by atoms with Gasteiger partial charge >= 0.3 is 0 Å². The normalized spacial score (nSPS) is 11.6. The van der Waals surface area contributed by atoms with Crippen LogP contribution >= 0.6 is 0 Å². The minimum absolute atomic E-state index is 0.572. The fourth-order valence-corrected chi connectivity index (χ4v) is 8.79. The van der Waals surface area contributed by atoms with Gasteiger partial charge in [0.05, 0.1) is 51.5 Å². The van der Waals surface area contributed by atoms with Crippen LogP contribution in [-0.2, 0) is 0 Å². The predicted octanol–water partition coefficient (Wildman–Crippen LogP) is 13.1. The summed E-state index contributed by atoms with van der Waals surface area (Å²) in [6.45, 7) is 7.77. The zero-order valence-corrected chi connectivity index (χ0v) is 29.5. The molecule has 11 aromatic rings. The summed E-state index contributed by atoms with van der Waals surface area (Å²) < 4.78 is 6.92. The lowest BCUT2D eigenvalue weighted by Gasteiger charge is -2.17. The maximum Gasteiger partial charge on any atom is 0.189 e. The third-order valence-corrected chi connectivity index (χ3v) is 11.1. The molecule has 11 rings (SSSR count). The number of hydrogen-bond donors (Lipinski definition) is 0. The van der Waals surface area contributed by atoms with Crippen molar-refractivity contribution in [1.29, 1.82) is 5.26 Å². The van der Waals surface area contributed by atoms with Crippen molar-refractivity contribution in [2.45, 2.75) is 0 Å². The number of nitrogens with zero attached hydrogens (tertiary/aromatic N) is 5. The van der Waals surface area contributed by atoms with E-state index < -0.39 is 0 Å². The van der Waals surface area contributed by atoms with Crippen LogP contribution in [0.25, 0.3) is 98.5 Å². The Kier molecular flexibility index (Phi) is 6.61. The summed E-state index contributed by atoms with van der Waals surface area (Å²) in [6.07, 6.45) is 0. The van der Waals surface area contributed by atoms with Crippen molar-refractivity contribution in [2.75, 3.05) is 0 Å². The van der Waals surface area contributed by atoms with Crippen LogP contribution in [0.1, 0.15) is 5.56 Å².